The Hall–Kier alpha value is -0.160. The van der Waals surface area contributed by atoms with Crippen LogP contribution in [0.1, 0.15) is 52.9 Å². The molecule has 4 heteroatoms. The lowest BCUT2D eigenvalue weighted by molar-refractivity contribution is 0.160. The highest BCUT2D eigenvalue weighted by Gasteiger charge is 2.21. The van der Waals surface area contributed by atoms with E-state index in [0.717, 1.165) is 19.0 Å². The highest BCUT2D eigenvalue weighted by molar-refractivity contribution is 4.78. The lowest BCUT2D eigenvalue weighted by Crippen LogP contribution is -2.42. The van der Waals surface area contributed by atoms with Crippen LogP contribution in [0, 0.1) is 5.92 Å². The molecule has 0 aromatic carbocycles. The Bertz CT molecular complexity index is 302. The van der Waals surface area contributed by atoms with Crippen molar-refractivity contribution in [3.8, 4) is 0 Å². The second-order valence-electron chi connectivity index (χ2n) is 8.06. The van der Waals surface area contributed by atoms with Crippen molar-refractivity contribution < 1.29 is 0 Å². The van der Waals surface area contributed by atoms with Crippen molar-refractivity contribution in [1.82, 2.24) is 20.4 Å². The fourth-order valence-electron chi connectivity index (χ4n) is 4.12. The first-order chi connectivity index (χ1) is 11.1. The van der Waals surface area contributed by atoms with Crippen molar-refractivity contribution in [1.29, 1.82) is 0 Å². The molecule has 4 nitrogen and oxygen atoms in total. The Balaban J connectivity index is 1.56. The number of nitrogens with zero attached hydrogens (tertiary/aromatic N) is 2. The Morgan fingerprint density at radius 1 is 0.870 bits per heavy atom. The molecule has 2 N–H and O–H groups in total. The molecular weight excluding hydrogens is 284 g/mol. The number of hydrogen-bond donors (Lipinski definition) is 2. The summed E-state index contributed by atoms with van der Waals surface area (Å²) >= 11 is 0. The summed E-state index contributed by atoms with van der Waals surface area (Å²) in [5.41, 5.74) is 0. The van der Waals surface area contributed by atoms with Crippen LogP contribution in [-0.4, -0.2) is 74.2 Å². The van der Waals surface area contributed by atoms with Gasteiger partial charge in [-0.2, -0.15) is 0 Å². The molecule has 2 aliphatic heterocycles. The molecule has 0 aromatic rings. The van der Waals surface area contributed by atoms with Crippen LogP contribution in [0.2, 0.25) is 0 Å². The van der Waals surface area contributed by atoms with E-state index in [0.29, 0.717) is 12.1 Å². The number of piperidine rings is 1. The van der Waals surface area contributed by atoms with E-state index >= 15 is 0 Å². The quantitative estimate of drug-likeness (QED) is 0.645. The largest absolute Gasteiger partial charge is 0.313 e. The van der Waals surface area contributed by atoms with Crippen molar-refractivity contribution in [2.45, 2.75) is 65.0 Å². The Kier molecular flexibility index (Phi) is 8.88. The third kappa shape index (κ3) is 7.97. The summed E-state index contributed by atoms with van der Waals surface area (Å²) in [6.45, 7) is 16.8. The number of hydrogen-bond acceptors (Lipinski definition) is 4. The number of rotatable bonds is 10. The Morgan fingerprint density at radius 2 is 1.52 bits per heavy atom. The molecule has 2 fully saturated rings. The summed E-state index contributed by atoms with van der Waals surface area (Å²) in [5, 5.41) is 7.30. The van der Waals surface area contributed by atoms with E-state index in [9.17, 15) is 0 Å². The Labute approximate surface area is 144 Å². The summed E-state index contributed by atoms with van der Waals surface area (Å²) in [7, 11) is 0. The van der Waals surface area contributed by atoms with Gasteiger partial charge in [0.05, 0.1) is 0 Å². The predicted octanol–water partition coefficient (Wildman–Crippen LogP) is 2.16. The van der Waals surface area contributed by atoms with Crippen LogP contribution in [-0.2, 0) is 0 Å². The first-order valence-electron chi connectivity index (χ1n) is 10.0. The molecule has 2 atom stereocenters. The molecule has 0 aliphatic carbocycles. The molecule has 23 heavy (non-hydrogen) atoms. The van der Waals surface area contributed by atoms with E-state index in [1.807, 2.05) is 0 Å². The van der Waals surface area contributed by atoms with Gasteiger partial charge in [-0.1, -0.05) is 13.8 Å². The molecule has 0 bridgehead atoms. The van der Waals surface area contributed by atoms with Crippen LogP contribution in [0.25, 0.3) is 0 Å². The monoisotopic (exact) mass is 324 g/mol. The van der Waals surface area contributed by atoms with Crippen molar-refractivity contribution in [2.24, 2.45) is 5.92 Å². The van der Waals surface area contributed by atoms with Gasteiger partial charge in [0, 0.05) is 44.8 Å². The minimum atomic E-state index is 0.607. The second kappa shape index (κ2) is 10.7. The number of likely N-dealkylation sites (tertiary alicyclic amines) is 2. The lowest BCUT2D eigenvalue weighted by atomic mass is 9.92. The van der Waals surface area contributed by atoms with Gasteiger partial charge in [0.2, 0.25) is 0 Å². The van der Waals surface area contributed by atoms with E-state index in [-0.39, 0.29) is 0 Å². The molecule has 0 aromatic heterocycles. The Morgan fingerprint density at radius 3 is 2.26 bits per heavy atom. The highest BCUT2D eigenvalue weighted by Crippen LogP contribution is 2.20. The summed E-state index contributed by atoms with van der Waals surface area (Å²) < 4.78 is 0. The normalized spacial score (nSPS) is 25.3. The zero-order chi connectivity index (χ0) is 16.5. The third-order valence-corrected chi connectivity index (χ3v) is 5.39. The van der Waals surface area contributed by atoms with Crippen molar-refractivity contribution >= 4 is 0 Å². The minimum Gasteiger partial charge on any atom is -0.313 e. The van der Waals surface area contributed by atoms with Crippen LogP contribution in [0.3, 0.4) is 0 Å². The predicted molar refractivity (Wildman–Crippen MR) is 100 cm³/mol. The van der Waals surface area contributed by atoms with Gasteiger partial charge >= 0.3 is 0 Å². The molecule has 0 amide bonds. The van der Waals surface area contributed by atoms with Gasteiger partial charge in [-0.15, -0.1) is 0 Å². The minimum absolute atomic E-state index is 0.607. The standard InChI is InChI=1S/C19H40N4/c1-17(2)20-8-14-23-12-6-7-19(16-23)15-18(3)21-9-13-22-10-4-5-11-22/h17-21H,4-16H2,1-3H3. The fraction of sp³-hybridized carbons (Fsp3) is 1.00. The van der Waals surface area contributed by atoms with Gasteiger partial charge in [0.25, 0.3) is 0 Å². The van der Waals surface area contributed by atoms with E-state index in [1.54, 1.807) is 0 Å². The smallest absolute Gasteiger partial charge is 0.0107 e. The topological polar surface area (TPSA) is 30.5 Å². The van der Waals surface area contributed by atoms with Gasteiger partial charge in [-0.3, -0.25) is 0 Å². The van der Waals surface area contributed by atoms with Crippen LogP contribution in [0.15, 0.2) is 0 Å². The third-order valence-electron chi connectivity index (χ3n) is 5.39. The van der Waals surface area contributed by atoms with Gasteiger partial charge in [0.1, 0.15) is 0 Å². The number of nitrogens with one attached hydrogen (secondary N) is 2. The molecular formula is C19H40N4. The molecule has 2 heterocycles. The summed E-state index contributed by atoms with van der Waals surface area (Å²) in [6, 6.07) is 1.27. The lowest BCUT2D eigenvalue weighted by Gasteiger charge is -2.34. The molecule has 0 saturated carbocycles. The first-order valence-corrected chi connectivity index (χ1v) is 10.0. The molecule has 2 rings (SSSR count). The molecule has 136 valence electrons. The molecule has 2 saturated heterocycles. The van der Waals surface area contributed by atoms with Crippen LogP contribution in [0.4, 0.5) is 0 Å². The summed E-state index contributed by atoms with van der Waals surface area (Å²) in [6.07, 6.45) is 6.95. The van der Waals surface area contributed by atoms with Gasteiger partial charge in [0.15, 0.2) is 0 Å². The van der Waals surface area contributed by atoms with Crippen molar-refractivity contribution in [2.75, 3.05) is 52.4 Å². The van der Waals surface area contributed by atoms with Crippen molar-refractivity contribution in [3.05, 3.63) is 0 Å². The SMILES string of the molecule is CC(C)NCCN1CCCC(CC(C)NCCN2CCCC2)C1. The fourth-order valence-corrected chi connectivity index (χ4v) is 4.12. The van der Waals surface area contributed by atoms with E-state index in [4.69, 9.17) is 0 Å². The molecule has 2 unspecified atom stereocenters. The van der Waals surface area contributed by atoms with Gasteiger partial charge < -0.3 is 20.4 Å². The van der Waals surface area contributed by atoms with Gasteiger partial charge in [-0.25, -0.2) is 0 Å². The first kappa shape index (κ1) is 19.2. The second-order valence-corrected chi connectivity index (χ2v) is 8.06. The van der Waals surface area contributed by atoms with E-state index < -0.39 is 0 Å². The van der Waals surface area contributed by atoms with Gasteiger partial charge in [-0.05, 0) is 64.6 Å². The average molecular weight is 325 g/mol. The average Bonchev–Trinajstić information content (AvgIpc) is 3.00. The zero-order valence-corrected chi connectivity index (χ0v) is 15.8. The maximum absolute atomic E-state index is 3.76. The highest BCUT2D eigenvalue weighted by atomic mass is 15.2. The van der Waals surface area contributed by atoms with Crippen LogP contribution >= 0.6 is 0 Å². The van der Waals surface area contributed by atoms with Crippen LogP contribution < -0.4 is 10.6 Å². The summed E-state index contributed by atoms with van der Waals surface area (Å²) in [4.78, 5) is 5.27. The van der Waals surface area contributed by atoms with E-state index in [1.165, 1.54) is 71.4 Å². The molecule has 2 aliphatic rings. The zero-order valence-electron chi connectivity index (χ0n) is 15.8. The molecule has 0 radical (unpaired) electrons. The molecule has 0 spiro atoms. The van der Waals surface area contributed by atoms with Crippen molar-refractivity contribution in [3.63, 3.8) is 0 Å². The maximum Gasteiger partial charge on any atom is 0.0107 e. The maximum atomic E-state index is 3.76. The summed E-state index contributed by atoms with van der Waals surface area (Å²) in [5.74, 6) is 0.886. The van der Waals surface area contributed by atoms with E-state index in [2.05, 4.69) is 41.2 Å². The van der Waals surface area contributed by atoms with Crippen LogP contribution in [0.5, 0.6) is 0 Å².